The fourth-order valence-corrected chi connectivity index (χ4v) is 1.54. The molecule has 0 aromatic heterocycles. The van der Waals surface area contributed by atoms with E-state index in [1.807, 2.05) is 6.92 Å². The molecule has 0 saturated heterocycles. The van der Waals surface area contributed by atoms with Gasteiger partial charge in [0.2, 0.25) is 0 Å². The van der Waals surface area contributed by atoms with Crippen molar-refractivity contribution in [2.75, 3.05) is 0 Å². The molecule has 0 rings (SSSR count). The first-order valence-electron chi connectivity index (χ1n) is 5.01. The van der Waals surface area contributed by atoms with E-state index in [-0.39, 0.29) is 5.92 Å². The fraction of sp³-hybridized carbons (Fsp3) is 0.909. The predicted octanol–water partition coefficient (Wildman–Crippen LogP) is 3.61. The molecule has 2 atom stereocenters. The Bertz CT molecular complexity index is 144. The third kappa shape index (κ3) is 4.38. The van der Waals surface area contributed by atoms with Crippen LogP contribution in [0.2, 0.25) is 0 Å². The molecule has 0 aromatic carbocycles. The van der Waals surface area contributed by atoms with Gasteiger partial charge in [-0.25, -0.2) is 0 Å². The van der Waals surface area contributed by atoms with Gasteiger partial charge in [0.25, 0.3) is 0 Å². The summed E-state index contributed by atoms with van der Waals surface area (Å²) < 4.78 is 0. The molecule has 1 heteroatoms. The van der Waals surface area contributed by atoms with E-state index in [4.69, 9.17) is 5.26 Å². The quantitative estimate of drug-likeness (QED) is 0.613. The first-order valence-corrected chi connectivity index (χ1v) is 5.01. The molecule has 0 aromatic rings. The summed E-state index contributed by atoms with van der Waals surface area (Å²) in [4.78, 5) is 0. The first kappa shape index (κ1) is 11.5. The number of hydrogen-bond donors (Lipinski definition) is 0. The van der Waals surface area contributed by atoms with Crippen molar-refractivity contribution in [1.29, 1.82) is 5.26 Å². The van der Waals surface area contributed by atoms with Crippen LogP contribution in [-0.2, 0) is 0 Å². The Balaban J connectivity index is 3.67. The molecule has 0 N–H and O–H groups in total. The van der Waals surface area contributed by atoms with E-state index in [9.17, 15) is 0 Å². The van der Waals surface area contributed by atoms with E-state index in [1.165, 1.54) is 12.8 Å². The lowest BCUT2D eigenvalue weighted by molar-refractivity contribution is 0.329. The van der Waals surface area contributed by atoms with E-state index in [0.29, 0.717) is 0 Å². The Kier molecular flexibility index (Phi) is 5.80. The second-order valence-electron chi connectivity index (χ2n) is 4.02. The molecule has 70 valence electrons. The molecule has 0 amide bonds. The van der Waals surface area contributed by atoms with Crippen LogP contribution >= 0.6 is 0 Å². The molecule has 0 spiro atoms. The molecule has 1 nitrogen and oxygen atoms in total. The topological polar surface area (TPSA) is 23.8 Å². The molecule has 12 heavy (non-hydrogen) atoms. The minimum Gasteiger partial charge on any atom is -0.198 e. The maximum absolute atomic E-state index is 8.61. The molecule has 0 saturated carbocycles. The Morgan fingerprint density at radius 2 is 1.75 bits per heavy atom. The van der Waals surface area contributed by atoms with Crippen LogP contribution in [0, 0.1) is 29.1 Å². The van der Waals surface area contributed by atoms with Gasteiger partial charge in [0.05, 0.1) is 6.07 Å². The molecule has 0 aliphatic heterocycles. The van der Waals surface area contributed by atoms with Gasteiger partial charge in [-0.15, -0.1) is 0 Å². The smallest absolute Gasteiger partial charge is 0.0652 e. The molecule has 0 bridgehead atoms. The Morgan fingerprint density at radius 1 is 1.17 bits per heavy atom. The number of nitriles is 1. The van der Waals surface area contributed by atoms with Gasteiger partial charge in [-0.2, -0.15) is 5.26 Å². The van der Waals surface area contributed by atoms with Crippen LogP contribution in [0.3, 0.4) is 0 Å². The van der Waals surface area contributed by atoms with Crippen LogP contribution < -0.4 is 0 Å². The first-order chi connectivity index (χ1) is 5.61. The highest BCUT2D eigenvalue weighted by molar-refractivity contribution is 4.79. The van der Waals surface area contributed by atoms with Crippen molar-refractivity contribution in [2.24, 2.45) is 17.8 Å². The minimum absolute atomic E-state index is 0.234. The summed E-state index contributed by atoms with van der Waals surface area (Å²) in [5.74, 6) is 1.81. The van der Waals surface area contributed by atoms with Crippen LogP contribution in [0.15, 0.2) is 0 Å². The Morgan fingerprint density at radius 3 is 2.08 bits per heavy atom. The SMILES string of the molecule is CCC(CCC(C)C#N)C(C)C. The van der Waals surface area contributed by atoms with Crippen LogP contribution in [0.4, 0.5) is 0 Å². The lowest BCUT2D eigenvalue weighted by atomic mass is 9.87. The lowest BCUT2D eigenvalue weighted by Crippen LogP contribution is -2.08. The fourth-order valence-electron chi connectivity index (χ4n) is 1.54. The van der Waals surface area contributed by atoms with Crippen molar-refractivity contribution in [3.8, 4) is 6.07 Å². The molecular formula is C11H21N. The van der Waals surface area contributed by atoms with Gasteiger partial charge in [0.1, 0.15) is 0 Å². The molecular weight excluding hydrogens is 146 g/mol. The van der Waals surface area contributed by atoms with Gasteiger partial charge in [0.15, 0.2) is 0 Å². The molecule has 0 heterocycles. The van der Waals surface area contributed by atoms with Crippen molar-refractivity contribution in [3.63, 3.8) is 0 Å². The number of hydrogen-bond acceptors (Lipinski definition) is 1. The molecule has 2 unspecified atom stereocenters. The number of nitrogens with zero attached hydrogens (tertiary/aromatic N) is 1. The highest BCUT2D eigenvalue weighted by Gasteiger charge is 2.12. The third-order valence-electron chi connectivity index (χ3n) is 2.66. The van der Waals surface area contributed by atoms with Gasteiger partial charge >= 0.3 is 0 Å². The van der Waals surface area contributed by atoms with Gasteiger partial charge in [0, 0.05) is 5.92 Å². The third-order valence-corrected chi connectivity index (χ3v) is 2.66. The molecule has 0 aliphatic rings. The second kappa shape index (κ2) is 6.06. The summed E-state index contributed by atoms with van der Waals surface area (Å²) in [6.45, 7) is 8.78. The van der Waals surface area contributed by atoms with Crippen molar-refractivity contribution in [1.82, 2.24) is 0 Å². The summed E-state index contributed by atoms with van der Waals surface area (Å²) in [6.07, 6.45) is 3.52. The van der Waals surface area contributed by atoms with Gasteiger partial charge in [-0.1, -0.05) is 27.2 Å². The van der Waals surface area contributed by atoms with E-state index in [0.717, 1.165) is 18.3 Å². The number of rotatable bonds is 5. The summed E-state index contributed by atoms with van der Waals surface area (Å²) >= 11 is 0. The van der Waals surface area contributed by atoms with Gasteiger partial charge in [-0.3, -0.25) is 0 Å². The largest absolute Gasteiger partial charge is 0.198 e. The zero-order valence-electron chi connectivity index (χ0n) is 8.80. The van der Waals surface area contributed by atoms with E-state index >= 15 is 0 Å². The Labute approximate surface area is 76.8 Å². The van der Waals surface area contributed by atoms with Gasteiger partial charge < -0.3 is 0 Å². The average molecular weight is 167 g/mol. The Hall–Kier alpha value is -0.510. The zero-order chi connectivity index (χ0) is 9.56. The van der Waals surface area contributed by atoms with Gasteiger partial charge in [-0.05, 0) is 31.6 Å². The van der Waals surface area contributed by atoms with Crippen molar-refractivity contribution < 1.29 is 0 Å². The van der Waals surface area contributed by atoms with E-state index in [2.05, 4.69) is 26.8 Å². The van der Waals surface area contributed by atoms with Crippen molar-refractivity contribution in [2.45, 2.75) is 47.0 Å². The van der Waals surface area contributed by atoms with Crippen LogP contribution in [0.25, 0.3) is 0 Å². The van der Waals surface area contributed by atoms with E-state index in [1.54, 1.807) is 0 Å². The highest BCUT2D eigenvalue weighted by atomic mass is 14.3. The summed E-state index contributed by atoms with van der Waals surface area (Å²) in [6, 6.07) is 2.28. The van der Waals surface area contributed by atoms with Crippen LogP contribution in [0.5, 0.6) is 0 Å². The monoisotopic (exact) mass is 167 g/mol. The van der Waals surface area contributed by atoms with Crippen molar-refractivity contribution >= 4 is 0 Å². The lowest BCUT2D eigenvalue weighted by Gasteiger charge is -2.18. The predicted molar refractivity (Wildman–Crippen MR) is 52.6 cm³/mol. The van der Waals surface area contributed by atoms with Crippen molar-refractivity contribution in [3.05, 3.63) is 0 Å². The molecule has 0 fully saturated rings. The highest BCUT2D eigenvalue weighted by Crippen LogP contribution is 2.22. The minimum atomic E-state index is 0.234. The van der Waals surface area contributed by atoms with Crippen LogP contribution in [0.1, 0.15) is 47.0 Å². The summed E-state index contributed by atoms with van der Waals surface area (Å²) in [5, 5.41) is 8.61. The summed E-state index contributed by atoms with van der Waals surface area (Å²) in [5.41, 5.74) is 0. The van der Waals surface area contributed by atoms with E-state index < -0.39 is 0 Å². The molecule has 0 radical (unpaired) electrons. The summed E-state index contributed by atoms with van der Waals surface area (Å²) in [7, 11) is 0. The zero-order valence-corrected chi connectivity index (χ0v) is 8.80. The standard InChI is InChI=1S/C11H21N/c1-5-11(9(2)3)7-6-10(4)8-12/h9-11H,5-7H2,1-4H3. The van der Waals surface area contributed by atoms with Crippen LogP contribution in [-0.4, -0.2) is 0 Å². The maximum atomic E-state index is 8.61. The molecule has 0 aliphatic carbocycles. The average Bonchev–Trinajstić information content (AvgIpc) is 2.04. The maximum Gasteiger partial charge on any atom is 0.0652 e. The second-order valence-corrected chi connectivity index (χ2v) is 4.02. The normalized spacial score (nSPS) is 15.7.